The highest BCUT2D eigenvalue weighted by Gasteiger charge is 2.25. The summed E-state index contributed by atoms with van der Waals surface area (Å²) in [4.78, 5) is 12.2. The Bertz CT molecular complexity index is 710. The Morgan fingerprint density at radius 1 is 1.39 bits per heavy atom. The van der Waals surface area contributed by atoms with Crippen molar-refractivity contribution in [1.82, 2.24) is 14.9 Å². The summed E-state index contributed by atoms with van der Waals surface area (Å²) in [5.74, 6) is 5.97. The maximum Gasteiger partial charge on any atom is 0.237 e. The molecule has 0 fully saturated rings. The molecule has 8 heteroatoms. The fourth-order valence-electron chi connectivity index (χ4n) is 1.89. The number of amides is 1. The molecule has 1 aromatic carbocycles. The van der Waals surface area contributed by atoms with Crippen molar-refractivity contribution in [1.29, 1.82) is 0 Å². The predicted molar refractivity (Wildman–Crippen MR) is 89.2 cm³/mol. The Balaban J connectivity index is 2.06. The smallest absolute Gasteiger partial charge is 0.237 e. The van der Waals surface area contributed by atoms with Crippen LogP contribution >= 0.6 is 11.8 Å². The Hall–Kier alpha value is -2.09. The van der Waals surface area contributed by atoms with Crippen LogP contribution in [0, 0.1) is 5.82 Å². The minimum absolute atomic E-state index is 0.242. The lowest BCUT2D eigenvalue weighted by Crippen LogP contribution is -2.26. The number of nitrogen functional groups attached to an aromatic ring is 1. The first-order valence-corrected chi connectivity index (χ1v) is 8.00. The van der Waals surface area contributed by atoms with E-state index in [1.807, 2.05) is 20.8 Å². The molecule has 3 N–H and O–H groups in total. The first-order chi connectivity index (χ1) is 10.7. The summed E-state index contributed by atoms with van der Waals surface area (Å²) in [7, 11) is 0. The number of carbonyl (C=O) groups is 1. The van der Waals surface area contributed by atoms with Gasteiger partial charge in [0.2, 0.25) is 11.1 Å². The second-order valence-corrected chi connectivity index (χ2v) is 7.49. The molecule has 124 valence electrons. The quantitative estimate of drug-likeness (QED) is 0.661. The van der Waals surface area contributed by atoms with Crippen LogP contribution in [0.1, 0.15) is 33.5 Å². The number of carbonyl (C=O) groups excluding carboxylic acids is 1. The fraction of sp³-hybridized carbons (Fsp3) is 0.400. The highest BCUT2D eigenvalue weighted by atomic mass is 32.2. The van der Waals surface area contributed by atoms with E-state index in [2.05, 4.69) is 15.5 Å². The van der Waals surface area contributed by atoms with E-state index in [-0.39, 0.29) is 11.3 Å². The number of rotatable bonds is 4. The van der Waals surface area contributed by atoms with Crippen LogP contribution in [0.15, 0.2) is 29.4 Å². The van der Waals surface area contributed by atoms with Crippen molar-refractivity contribution in [2.24, 2.45) is 0 Å². The standard InChI is InChI=1S/C15H20FN5OS/c1-9(12(22)18-11-7-5-6-10(16)8-11)23-14-20-19-13(21(14)17)15(2,3)4/h5-9H,17H2,1-4H3,(H,18,22). The van der Waals surface area contributed by atoms with Crippen LogP contribution in [0.25, 0.3) is 0 Å². The first kappa shape index (κ1) is 17.3. The van der Waals surface area contributed by atoms with E-state index in [1.165, 1.54) is 34.6 Å². The van der Waals surface area contributed by atoms with Crippen molar-refractivity contribution >= 4 is 23.4 Å². The maximum absolute atomic E-state index is 13.1. The van der Waals surface area contributed by atoms with Gasteiger partial charge in [0.15, 0.2) is 5.82 Å². The molecule has 1 atom stereocenters. The van der Waals surface area contributed by atoms with Gasteiger partial charge in [0.25, 0.3) is 0 Å². The Labute approximate surface area is 138 Å². The van der Waals surface area contributed by atoms with E-state index >= 15 is 0 Å². The molecule has 1 aromatic heterocycles. The van der Waals surface area contributed by atoms with E-state index in [9.17, 15) is 9.18 Å². The van der Waals surface area contributed by atoms with Crippen molar-refractivity contribution in [3.8, 4) is 0 Å². The van der Waals surface area contributed by atoms with Crippen molar-refractivity contribution in [3.63, 3.8) is 0 Å². The second-order valence-electron chi connectivity index (χ2n) is 6.19. The monoisotopic (exact) mass is 337 g/mol. The molecule has 23 heavy (non-hydrogen) atoms. The molecule has 6 nitrogen and oxygen atoms in total. The van der Waals surface area contributed by atoms with E-state index in [1.54, 1.807) is 13.0 Å². The summed E-state index contributed by atoms with van der Waals surface area (Å²) in [6.45, 7) is 7.67. The fourth-order valence-corrected chi connectivity index (χ4v) is 2.66. The van der Waals surface area contributed by atoms with Gasteiger partial charge in [-0.3, -0.25) is 4.79 Å². The highest BCUT2D eigenvalue weighted by molar-refractivity contribution is 8.00. The van der Waals surface area contributed by atoms with Crippen molar-refractivity contribution < 1.29 is 9.18 Å². The largest absolute Gasteiger partial charge is 0.336 e. The van der Waals surface area contributed by atoms with Crippen LogP contribution in [0.3, 0.4) is 0 Å². The van der Waals surface area contributed by atoms with Gasteiger partial charge in [0.05, 0.1) is 5.25 Å². The Morgan fingerprint density at radius 2 is 2.09 bits per heavy atom. The minimum atomic E-state index is -0.461. The molecule has 1 heterocycles. The van der Waals surface area contributed by atoms with Crippen LogP contribution in [-0.4, -0.2) is 26.0 Å². The van der Waals surface area contributed by atoms with Crippen LogP contribution in [-0.2, 0) is 10.2 Å². The molecule has 0 aliphatic rings. The molecule has 0 saturated carbocycles. The van der Waals surface area contributed by atoms with Crippen LogP contribution in [0.4, 0.5) is 10.1 Å². The lowest BCUT2D eigenvalue weighted by Gasteiger charge is -2.17. The molecule has 2 rings (SSSR count). The minimum Gasteiger partial charge on any atom is -0.336 e. The third-order valence-electron chi connectivity index (χ3n) is 3.08. The van der Waals surface area contributed by atoms with E-state index < -0.39 is 11.1 Å². The second kappa shape index (κ2) is 6.57. The molecular weight excluding hydrogens is 317 g/mol. The zero-order chi connectivity index (χ0) is 17.2. The van der Waals surface area contributed by atoms with Crippen LogP contribution in [0.5, 0.6) is 0 Å². The Morgan fingerprint density at radius 3 is 2.65 bits per heavy atom. The predicted octanol–water partition coefficient (Wildman–Crippen LogP) is 2.55. The van der Waals surface area contributed by atoms with Gasteiger partial charge in [0, 0.05) is 11.1 Å². The van der Waals surface area contributed by atoms with Crippen molar-refractivity contribution in [3.05, 3.63) is 35.9 Å². The summed E-state index contributed by atoms with van der Waals surface area (Å²) in [6.07, 6.45) is 0. The zero-order valence-corrected chi connectivity index (χ0v) is 14.3. The zero-order valence-electron chi connectivity index (χ0n) is 13.5. The summed E-state index contributed by atoms with van der Waals surface area (Å²) in [5.41, 5.74) is 0.167. The molecule has 0 spiro atoms. The number of nitrogens with zero attached hydrogens (tertiary/aromatic N) is 3. The summed E-state index contributed by atoms with van der Waals surface area (Å²) < 4.78 is 14.5. The maximum atomic E-state index is 13.1. The summed E-state index contributed by atoms with van der Waals surface area (Å²) >= 11 is 1.20. The van der Waals surface area contributed by atoms with Crippen molar-refractivity contribution in [2.75, 3.05) is 11.2 Å². The number of halogens is 1. The van der Waals surface area contributed by atoms with Gasteiger partial charge >= 0.3 is 0 Å². The van der Waals surface area contributed by atoms with Gasteiger partial charge in [-0.25, -0.2) is 9.07 Å². The van der Waals surface area contributed by atoms with Gasteiger partial charge in [-0.2, -0.15) is 0 Å². The summed E-state index contributed by atoms with van der Waals surface area (Å²) in [5, 5.41) is 10.8. The van der Waals surface area contributed by atoms with E-state index in [4.69, 9.17) is 5.84 Å². The molecular formula is C15H20FN5OS. The number of anilines is 1. The average molecular weight is 337 g/mol. The number of nitrogens with two attached hydrogens (primary N) is 1. The first-order valence-electron chi connectivity index (χ1n) is 7.12. The third kappa shape index (κ3) is 4.22. The molecule has 0 aliphatic carbocycles. The number of aromatic nitrogens is 3. The van der Waals surface area contributed by atoms with Gasteiger partial charge in [-0.15, -0.1) is 10.2 Å². The average Bonchev–Trinajstić information content (AvgIpc) is 2.80. The van der Waals surface area contributed by atoms with Crippen molar-refractivity contribution in [2.45, 2.75) is 43.5 Å². The van der Waals surface area contributed by atoms with Gasteiger partial charge in [-0.1, -0.05) is 38.6 Å². The van der Waals surface area contributed by atoms with Gasteiger partial charge < -0.3 is 11.2 Å². The SMILES string of the molecule is CC(Sc1nnc(C(C)(C)C)n1N)C(=O)Nc1cccc(F)c1. The topological polar surface area (TPSA) is 85.8 Å². The van der Waals surface area contributed by atoms with Gasteiger partial charge in [-0.05, 0) is 25.1 Å². The summed E-state index contributed by atoms with van der Waals surface area (Å²) in [6, 6.07) is 5.74. The van der Waals surface area contributed by atoms with Crippen LogP contribution in [0.2, 0.25) is 0 Å². The van der Waals surface area contributed by atoms with E-state index in [0.29, 0.717) is 16.7 Å². The third-order valence-corrected chi connectivity index (χ3v) is 4.14. The number of benzene rings is 1. The number of nitrogens with one attached hydrogen (secondary N) is 1. The molecule has 0 saturated heterocycles. The number of hydrogen-bond acceptors (Lipinski definition) is 5. The number of hydrogen-bond donors (Lipinski definition) is 2. The lowest BCUT2D eigenvalue weighted by atomic mass is 9.96. The Kier molecular flexibility index (Phi) is 4.93. The van der Waals surface area contributed by atoms with Crippen LogP contribution < -0.4 is 11.2 Å². The molecule has 2 aromatic rings. The number of thioether (sulfide) groups is 1. The van der Waals surface area contributed by atoms with E-state index in [0.717, 1.165) is 0 Å². The highest BCUT2D eigenvalue weighted by Crippen LogP contribution is 2.26. The molecule has 0 aliphatic heterocycles. The van der Waals surface area contributed by atoms with Gasteiger partial charge in [0.1, 0.15) is 5.82 Å². The molecule has 0 radical (unpaired) electrons. The molecule has 1 unspecified atom stereocenters. The normalized spacial score (nSPS) is 12.9. The lowest BCUT2D eigenvalue weighted by molar-refractivity contribution is -0.115. The molecule has 1 amide bonds. The molecule has 0 bridgehead atoms.